The Morgan fingerprint density at radius 2 is 2.24 bits per heavy atom. The lowest BCUT2D eigenvalue weighted by molar-refractivity contribution is -0.138. The number of carboxylic acid groups (broad SMARTS) is 1. The minimum atomic E-state index is -0.817. The van der Waals surface area contributed by atoms with Gasteiger partial charge in [0.15, 0.2) is 0 Å². The molecule has 0 bridgehead atoms. The second-order valence-corrected chi connectivity index (χ2v) is 5.36. The van der Waals surface area contributed by atoms with Crippen LogP contribution in [0.1, 0.15) is 31.4 Å². The van der Waals surface area contributed by atoms with Crippen molar-refractivity contribution >= 4 is 17.6 Å². The molecule has 1 N–H and O–H groups in total. The average molecular weight is 255 g/mol. The van der Waals surface area contributed by atoms with Crippen LogP contribution in [0.3, 0.4) is 0 Å². The van der Waals surface area contributed by atoms with E-state index in [1.54, 1.807) is 6.07 Å². The third-order valence-corrected chi connectivity index (χ3v) is 3.41. The Morgan fingerprint density at radius 3 is 2.88 bits per heavy atom. The number of hydrogen-bond donors (Lipinski definition) is 1. The lowest BCUT2D eigenvalue weighted by Gasteiger charge is -2.26. The van der Waals surface area contributed by atoms with Gasteiger partial charge in [0.05, 0.1) is 13.0 Å². The lowest BCUT2D eigenvalue weighted by Crippen LogP contribution is -2.23. The van der Waals surface area contributed by atoms with Crippen molar-refractivity contribution < 1.29 is 14.6 Å². The first-order valence-electron chi connectivity index (χ1n) is 5.58. The molecule has 1 aromatic rings. The predicted octanol–water partition coefficient (Wildman–Crippen LogP) is 3.03. The van der Waals surface area contributed by atoms with Crippen LogP contribution in [0.15, 0.2) is 12.1 Å². The Bertz CT molecular complexity index is 466. The predicted molar refractivity (Wildman–Crippen MR) is 65.9 cm³/mol. The summed E-state index contributed by atoms with van der Waals surface area (Å²) >= 11 is 6.23. The molecule has 1 aliphatic heterocycles. The van der Waals surface area contributed by atoms with Crippen LogP contribution in [0.25, 0.3) is 0 Å². The molecular formula is C13H15ClO3. The highest BCUT2D eigenvalue weighted by Gasteiger charge is 2.32. The summed E-state index contributed by atoms with van der Waals surface area (Å²) in [6.07, 6.45) is 0.859. The summed E-state index contributed by atoms with van der Waals surface area (Å²) in [5.74, 6) is 0.0189. The Labute approximate surface area is 105 Å². The molecule has 0 fully saturated rings. The van der Waals surface area contributed by atoms with Crippen molar-refractivity contribution in [3.05, 3.63) is 28.3 Å². The zero-order valence-corrected chi connectivity index (χ0v) is 10.7. The molecule has 0 saturated carbocycles. The summed E-state index contributed by atoms with van der Waals surface area (Å²) < 4.78 is 5.49. The molecule has 4 heteroatoms. The number of aliphatic carboxylic acids is 1. The highest BCUT2D eigenvalue weighted by Crippen LogP contribution is 2.41. The fourth-order valence-electron chi connectivity index (χ4n) is 2.44. The molecule has 3 nitrogen and oxygen atoms in total. The van der Waals surface area contributed by atoms with Crippen LogP contribution in [0.4, 0.5) is 0 Å². The number of carboxylic acids is 1. The van der Waals surface area contributed by atoms with Crippen LogP contribution >= 0.6 is 11.6 Å². The van der Waals surface area contributed by atoms with E-state index in [1.165, 1.54) is 0 Å². The normalized spacial score (nSPS) is 14.3. The molecule has 0 aromatic heterocycles. The number of benzene rings is 1. The number of carbonyl (C=O) groups is 1. The minimum absolute atomic E-state index is 0.0587. The monoisotopic (exact) mass is 254 g/mol. The molecule has 2 rings (SSSR count). The molecule has 0 unspecified atom stereocenters. The molecule has 0 atom stereocenters. The summed E-state index contributed by atoms with van der Waals surface area (Å²) in [5.41, 5.74) is 1.49. The lowest BCUT2D eigenvalue weighted by atomic mass is 9.78. The van der Waals surface area contributed by atoms with Crippen molar-refractivity contribution in [1.29, 1.82) is 0 Å². The molecule has 0 radical (unpaired) electrons. The van der Waals surface area contributed by atoms with Gasteiger partial charge in [-0.3, -0.25) is 4.79 Å². The van der Waals surface area contributed by atoms with Crippen molar-refractivity contribution in [2.75, 3.05) is 6.61 Å². The quantitative estimate of drug-likeness (QED) is 0.902. The van der Waals surface area contributed by atoms with Gasteiger partial charge in [-0.2, -0.15) is 0 Å². The van der Waals surface area contributed by atoms with Gasteiger partial charge in [0.1, 0.15) is 5.75 Å². The number of hydrogen-bond acceptors (Lipinski definition) is 2. The Morgan fingerprint density at radius 1 is 1.53 bits per heavy atom. The third kappa shape index (κ3) is 2.25. The molecule has 1 aromatic carbocycles. The summed E-state index contributed by atoms with van der Waals surface area (Å²) in [6.45, 7) is 4.45. The van der Waals surface area contributed by atoms with Crippen LogP contribution < -0.4 is 4.74 Å². The van der Waals surface area contributed by atoms with Crippen molar-refractivity contribution in [2.45, 2.75) is 32.1 Å². The fourth-order valence-corrected chi connectivity index (χ4v) is 2.88. The molecule has 17 heavy (non-hydrogen) atoms. The zero-order valence-electron chi connectivity index (χ0n) is 9.92. The van der Waals surface area contributed by atoms with Gasteiger partial charge in [-0.1, -0.05) is 25.4 Å². The number of rotatable bonds is 3. The summed E-state index contributed by atoms with van der Waals surface area (Å²) in [5, 5.41) is 9.60. The van der Waals surface area contributed by atoms with E-state index in [0.29, 0.717) is 11.6 Å². The smallest absolute Gasteiger partial charge is 0.304 e. The second kappa shape index (κ2) is 4.22. The van der Waals surface area contributed by atoms with Gasteiger partial charge in [-0.05, 0) is 17.7 Å². The number of fused-ring (bicyclic) bond motifs is 1. The van der Waals surface area contributed by atoms with Crippen molar-refractivity contribution in [1.82, 2.24) is 0 Å². The van der Waals surface area contributed by atoms with E-state index in [9.17, 15) is 4.79 Å². The summed E-state index contributed by atoms with van der Waals surface area (Å²) in [7, 11) is 0. The van der Waals surface area contributed by atoms with E-state index in [1.807, 2.05) is 19.9 Å². The van der Waals surface area contributed by atoms with E-state index >= 15 is 0 Å². The maximum Gasteiger partial charge on any atom is 0.304 e. The first-order valence-corrected chi connectivity index (χ1v) is 5.96. The molecule has 0 aliphatic carbocycles. The van der Waals surface area contributed by atoms with E-state index in [2.05, 4.69) is 0 Å². The fraction of sp³-hybridized carbons (Fsp3) is 0.462. The van der Waals surface area contributed by atoms with E-state index < -0.39 is 11.4 Å². The molecule has 0 amide bonds. The van der Waals surface area contributed by atoms with Gasteiger partial charge in [-0.25, -0.2) is 0 Å². The van der Waals surface area contributed by atoms with Gasteiger partial charge < -0.3 is 9.84 Å². The van der Waals surface area contributed by atoms with Crippen LogP contribution in [-0.4, -0.2) is 17.7 Å². The largest absolute Gasteiger partial charge is 0.493 e. The van der Waals surface area contributed by atoms with Gasteiger partial charge >= 0.3 is 5.97 Å². The number of halogens is 1. The maximum atomic E-state index is 10.9. The van der Waals surface area contributed by atoms with Gasteiger partial charge in [0.2, 0.25) is 0 Å². The van der Waals surface area contributed by atoms with E-state index in [4.69, 9.17) is 21.4 Å². The molecule has 1 aliphatic rings. The topological polar surface area (TPSA) is 46.5 Å². The van der Waals surface area contributed by atoms with E-state index in [-0.39, 0.29) is 6.42 Å². The second-order valence-electron chi connectivity index (χ2n) is 4.95. The first-order chi connectivity index (χ1) is 7.92. The van der Waals surface area contributed by atoms with Gasteiger partial charge in [0, 0.05) is 22.4 Å². The highest BCUT2D eigenvalue weighted by atomic mass is 35.5. The standard InChI is InChI=1S/C13H15ClO3/c1-13(2,7-11(15)16)12-8-5-6-17-10(8)4-3-9(12)14/h3-4H,5-7H2,1-2H3,(H,15,16). The molecule has 1 heterocycles. The SMILES string of the molecule is CC(C)(CC(=O)O)c1c(Cl)ccc2c1CCO2. The minimum Gasteiger partial charge on any atom is -0.493 e. The Kier molecular flexibility index (Phi) is 3.04. The van der Waals surface area contributed by atoms with Crippen LogP contribution in [0.5, 0.6) is 5.75 Å². The van der Waals surface area contributed by atoms with Gasteiger partial charge in [0.25, 0.3) is 0 Å². The Balaban J connectivity index is 2.51. The first kappa shape index (κ1) is 12.2. The number of ether oxygens (including phenoxy) is 1. The van der Waals surface area contributed by atoms with Crippen LogP contribution in [0.2, 0.25) is 5.02 Å². The molecule has 0 spiro atoms. The van der Waals surface area contributed by atoms with Crippen LogP contribution in [0, 0.1) is 0 Å². The highest BCUT2D eigenvalue weighted by molar-refractivity contribution is 6.31. The zero-order chi connectivity index (χ0) is 12.6. The molecule has 92 valence electrons. The summed E-state index contributed by atoms with van der Waals surface area (Å²) in [6, 6.07) is 3.63. The molecule has 0 saturated heterocycles. The van der Waals surface area contributed by atoms with Crippen molar-refractivity contribution in [3.63, 3.8) is 0 Å². The maximum absolute atomic E-state index is 10.9. The average Bonchev–Trinajstić information content (AvgIpc) is 2.61. The van der Waals surface area contributed by atoms with E-state index in [0.717, 1.165) is 23.3 Å². The van der Waals surface area contributed by atoms with Gasteiger partial charge in [-0.15, -0.1) is 0 Å². The molecular weight excluding hydrogens is 240 g/mol. The van der Waals surface area contributed by atoms with Crippen molar-refractivity contribution in [3.8, 4) is 5.75 Å². The summed E-state index contributed by atoms with van der Waals surface area (Å²) in [4.78, 5) is 10.9. The van der Waals surface area contributed by atoms with Crippen LogP contribution in [-0.2, 0) is 16.6 Å². The van der Waals surface area contributed by atoms with Crippen molar-refractivity contribution in [2.24, 2.45) is 0 Å². The Hall–Kier alpha value is -1.22. The third-order valence-electron chi connectivity index (χ3n) is 3.10.